The Labute approximate surface area is 157 Å². The number of ether oxygens (including phenoxy) is 2. The molecule has 0 aliphatic carbocycles. The predicted molar refractivity (Wildman–Crippen MR) is 98.2 cm³/mol. The summed E-state index contributed by atoms with van der Waals surface area (Å²) in [5.41, 5.74) is 0.813. The van der Waals surface area contributed by atoms with Gasteiger partial charge < -0.3 is 19.9 Å². The monoisotopic (exact) mass is 385 g/mol. The Morgan fingerprint density at radius 3 is 2.54 bits per heavy atom. The van der Waals surface area contributed by atoms with Crippen LogP contribution in [-0.4, -0.2) is 48.8 Å². The van der Waals surface area contributed by atoms with Gasteiger partial charge >= 0.3 is 11.9 Å². The molecule has 1 aromatic rings. The average Bonchev–Trinajstić information content (AvgIpc) is 2.97. The lowest BCUT2D eigenvalue weighted by atomic mass is 10.1. The molecule has 1 atom stereocenters. The summed E-state index contributed by atoms with van der Waals surface area (Å²) in [5.74, 6) is -1.36. The minimum atomic E-state index is -0.908. The van der Waals surface area contributed by atoms with Gasteiger partial charge in [-0.05, 0) is 51.7 Å². The van der Waals surface area contributed by atoms with Crippen LogP contribution in [-0.2, 0) is 25.5 Å². The van der Waals surface area contributed by atoms with E-state index in [2.05, 4.69) is 5.32 Å². The lowest BCUT2D eigenvalue weighted by molar-refractivity contribution is -0.146. The van der Waals surface area contributed by atoms with Crippen molar-refractivity contribution in [2.24, 2.45) is 0 Å². The van der Waals surface area contributed by atoms with E-state index in [1.807, 2.05) is 13.0 Å². The average molecular weight is 385 g/mol. The van der Waals surface area contributed by atoms with Crippen LogP contribution in [0.1, 0.15) is 53.2 Å². The summed E-state index contributed by atoms with van der Waals surface area (Å²) in [6.45, 7) is 5.76. The first-order valence-corrected chi connectivity index (χ1v) is 9.57. The van der Waals surface area contributed by atoms with E-state index in [4.69, 9.17) is 14.6 Å². The van der Waals surface area contributed by atoms with Crippen molar-refractivity contribution in [3.05, 3.63) is 21.4 Å². The lowest BCUT2D eigenvalue weighted by Gasteiger charge is -2.16. The molecule has 1 amide bonds. The normalized spacial score (nSPS) is 11.7. The van der Waals surface area contributed by atoms with Gasteiger partial charge in [-0.15, -0.1) is 11.3 Å². The highest BCUT2D eigenvalue weighted by molar-refractivity contribution is 7.14. The van der Waals surface area contributed by atoms with Gasteiger partial charge in [0.15, 0.2) is 0 Å². The minimum absolute atomic E-state index is 0.0166. The highest BCUT2D eigenvalue weighted by Gasteiger charge is 2.25. The molecule has 146 valence electrons. The van der Waals surface area contributed by atoms with E-state index in [0.717, 1.165) is 10.4 Å². The Morgan fingerprint density at radius 2 is 1.92 bits per heavy atom. The highest BCUT2D eigenvalue weighted by atomic mass is 32.1. The smallest absolute Gasteiger partial charge is 0.328 e. The van der Waals surface area contributed by atoms with E-state index < -0.39 is 18.0 Å². The van der Waals surface area contributed by atoms with Crippen LogP contribution in [0.3, 0.4) is 0 Å². The Bertz CT molecular complexity index is 613. The van der Waals surface area contributed by atoms with Gasteiger partial charge in [0.05, 0.1) is 18.1 Å². The van der Waals surface area contributed by atoms with Gasteiger partial charge in [0, 0.05) is 17.9 Å². The molecule has 8 heteroatoms. The van der Waals surface area contributed by atoms with E-state index in [1.165, 1.54) is 11.3 Å². The number of aryl methyl sites for hydroxylation is 2. The first kappa shape index (κ1) is 22.1. The van der Waals surface area contributed by atoms with Crippen molar-refractivity contribution in [3.8, 4) is 0 Å². The second kappa shape index (κ2) is 11.6. The predicted octanol–water partition coefficient (Wildman–Crippen LogP) is 1.99. The van der Waals surface area contributed by atoms with E-state index in [1.54, 1.807) is 13.8 Å². The Kier molecular flexibility index (Phi) is 9.90. The molecule has 0 aliphatic heterocycles. The van der Waals surface area contributed by atoms with Crippen molar-refractivity contribution < 1.29 is 29.0 Å². The summed E-state index contributed by atoms with van der Waals surface area (Å²) in [6, 6.07) is 1.00. The molecule has 1 heterocycles. The fourth-order valence-corrected chi connectivity index (χ4v) is 3.48. The third kappa shape index (κ3) is 7.13. The fraction of sp³-hybridized carbons (Fsp3) is 0.611. The molecule has 1 unspecified atom stereocenters. The Balaban J connectivity index is 2.79. The third-order valence-electron chi connectivity index (χ3n) is 3.58. The summed E-state index contributed by atoms with van der Waals surface area (Å²) in [7, 11) is 0. The van der Waals surface area contributed by atoms with E-state index >= 15 is 0 Å². The van der Waals surface area contributed by atoms with Gasteiger partial charge in [-0.3, -0.25) is 9.59 Å². The molecular formula is C18H27NO6S. The van der Waals surface area contributed by atoms with Crippen LogP contribution in [0.15, 0.2) is 6.07 Å². The molecule has 2 N–H and O–H groups in total. The Hall–Kier alpha value is -1.93. The maximum absolute atomic E-state index is 12.6. The molecule has 0 aliphatic rings. The van der Waals surface area contributed by atoms with Crippen LogP contribution in [0.5, 0.6) is 0 Å². The molecule has 0 fully saturated rings. The topological polar surface area (TPSA) is 102 Å². The number of rotatable bonds is 11. The summed E-state index contributed by atoms with van der Waals surface area (Å²) in [4.78, 5) is 37.7. The van der Waals surface area contributed by atoms with Crippen LogP contribution in [0.2, 0.25) is 0 Å². The Morgan fingerprint density at radius 1 is 1.23 bits per heavy atom. The molecule has 0 bridgehead atoms. The van der Waals surface area contributed by atoms with Gasteiger partial charge in [0.1, 0.15) is 6.04 Å². The molecule has 0 saturated carbocycles. The molecule has 26 heavy (non-hydrogen) atoms. The lowest BCUT2D eigenvalue weighted by Crippen LogP contribution is -2.42. The van der Waals surface area contributed by atoms with E-state index in [0.29, 0.717) is 17.7 Å². The van der Waals surface area contributed by atoms with Crippen LogP contribution in [0.4, 0.5) is 0 Å². The third-order valence-corrected chi connectivity index (χ3v) is 4.87. The van der Waals surface area contributed by atoms with Gasteiger partial charge in [0.25, 0.3) is 5.91 Å². The number of hydrogen-bond acceptors (Lipinski definition) is 7. The van der Waals surface area contributed by atoms with Crippen molar-refractivity contribution in [2.45, 2.75) is 52.5 Å². The zero-order valence-corrected chi connectivity index (χ0v) is 16.3. The largest absolute Gasteiger partial charge is 0.466 e. The van der Waals surface area contributed by atoms with E-state index in [-0.39, 0.29) is 38.6 Å². The van der Waals surface area contributed by atoms with Crippen molar-refractivity contribution in [1.82, 2.24) is 5.32 Å². The second-order valence-corrected chi connectivity index (χ2v) is 6.81. The second-order valence-electron chi connectivity index (χ2n) is 5.67. The molecular weight excluding hydrogens is 358 g/mol. The summed E-state index contributed by atoms with van der Waals surface area (Å²) in [5, 5.41) is 11.6. The quantitative estimate of drug-likeness (QED) is 0.565. The number of aliphatic hydroxyl groups excluding tert-OH is 1. The molecule has 1 aromatic heterocycles. The zero-order valence-electron chi connectivity index (χ0n) is 15.5. The van der Waals surface area contributed by atoms with Gasteiger partial charge in [-0.2, -0.15) is 0 Å². The highest BCUT2D eigenvalue weighted by Crippen LogP contribution is 2.23. The first-order chi connectivity index (χ1) is 12.4. The zero-order chi connectivity index (χ0) is 19.5. The number of carbonyl (C=O) groups excluding carboxylic acids is 3. The van der Waals surface area contributed by atoms with Crippen LogP contribution >= 0.6 is 11.3 Å². The van der Waals surface area contributed by atoms with Crippen LogP contribution in [0, 0.1) is 6.92 Å². The van der Waals surface area contributed by atoms with Crippen molar-refractivity contribution in [3.63, 3.8) is 0 Å². The number of carbonyl (C=O) groups is 3. The fourth-order valence-electron chi connectivity index (χ4n) is 2.36. The number of aliphatic hydroxyl groups is 1. The molecule has 0 aromatic carbocycles. The van der Waals surface area contributed by atoms with Gasteiger partial charge in [0.2, 0.25) is 0 Å². The standard InChI is InChI=1S/C18H27NO6S/c1-4-24-15(21)9-8-14(18(23)25-5-2)19-17(22)16-12(3)11-13(26-16)7-6-10-20/h11,14,20H,4-10H2,1-3H3,(H,19,22). The first-order valence-electron chi connectivity index (χ1n) is 8.76. The van der Waals surface area contributed by atoms with E-state index in [9.17, 15) is 14.4 Å². The number of thiophene rings is 1. The van der Waals surface area contributed by atoms with Crippen molar-refractivity contribution >= 4 is 29.2 Å². The van der Waals surface area contributed by atoms with Crippen molar-refractivity contribution in [1.29, 1.82) is 0 Å². The van der Waals surface area contributed by atoms with Crippen LogP contribution in [0.25, 0.3) is 0 Å². The molecule has 7 nitrogen and oxygen atoms in total. The number of amides is 1. The van der Waals surface area contributed by atoms with Gasteiger partial charge in [-0.25, -0.2) is 4.79 Å². The summed E-state index contributed by atoms with van der Waals surface area (Å²) < 4.78 is 9.85. The summed E-state index contributed by atoms with van der Waals surface area (Å²) in [6.07, 6.45) is 1.46. The minimum Gasteiger partial charge on any atom is -0.466 e. The number of esters is 2. The maximum Gasteiger partial charge on any atom is 0.328 e. The van der Waals surface area contributed by atoms with Gasteiger partial charge in [-0.1, -0.05) is 0 Å². The van der Waals surface area contributed by atoms with Crippen molar-refractivity contribution in [2.75, 3.05) is 19.8 Å². The maximum atomic E-state index is 12.6. The SMILES string of the molecule is CCOC(=O)CCC(NC(=O)c1sc(CCCO)cc1C)C(=O)OCC. The number of hydrogen-bond donors (Lipinski definition) is 2. The molecule has 0 spiro atoms. The summed E-state index contributed by atoms with van der Waals surface area (Å²) >= 11 is 1.34. The number of nitrogens with one attached hydrogen (secondary N) is 1. The molecule has 1 rings (SSSR count). The van der Waals surface area contributed by atoms with Crippen LogP contribution < -0.4 is 5.32 Å². The molecule has 0 saturated heterocycles. The molecule has 0 radical (unpaired) electrons.